The molecule has 0 N–H and O–H groups in total. The molecule has 0 saturated heterocycles. The second-order valence-electron chi connectivity index (χ2n) is 8.03. The van der Waals surface area contributed by atoms with Gasteiger partial charge in [-0.1, -0.05) is 18.2 Å². The Morgan fingerprint density at radius 2 is 1.58 bits per heavy atom. The fourth-order valence-electron chi connectivity index (χ4n) is 4.35. The van der Waals surface area contributed by atoms with Crippen LogP contribution in [0.3, 0.4) is 0 Å². The standard InChI is InChI=1S/C27H18F2N4/c28-21-6-3-17(4-7-21)18-5-9-24-23(15-18)27(32-26(31-24)20-2-1-12-30-16-20)33-13-11-19-14-22(29)8-10-25(19)33/h1-10,12,14-16H,11,13H2. The lowest BCUT2D eigenvalue weighted by Crippen LogP contribution is -2.16. The highest BCUT2D eigenvalue weighted by Crippen LogP contribution is 2.39. The molecule has 3 heterocycles. The highest BCUT2D eigenvalue weighted by atomic mass is 19.1. The van der Waals surface area contributed by atoms with E-state index in [1.165, 1.54) is 18.2 Å². The average molecular weight is 436 g/mol. The van der Waals surface area contributed by atoms with E-state index in [0.29, 0.717) is 12.4 Å². The molecule has 0 atom stereocenters. The zero-order valence-electron chi connectivity index (χ0n) is 17.5. The number of fused-ring (bicyclic) bond motifs is 2. The van der Waals surface area contributed by atoms with Gasteiger partial charge < -0.3 is 4.90 Å². The van der Waals surface area contributed by atoms with Gasteiger partial charge in [0.1, 0.15) is 17.5 Å². The largest absolute Gasteiger partial charge is 0.325 e. The molecule has 0 unspecified atom stereocenters. The fourth-order valence-corrected chi connectivity index (χ4v) is 4.35. The summed E-state index contributed by atoms with van der Waals surface area (Å²) in [5.74, 6) is 0.826. The summed E-state index contributed by atoms with van der Waals surface area (Å²) in [4.78, 5) is 16.1. The van der Waals surface area contributed by atoms with Gasteiger partial charge in [-0.25, -0.2) is 18.7 Å². The number of hydrogen-bond acceptors (Lipinski definition) is 4. The van der Waals surface area contributed by atoms with E-state index in [4.69, 9.17) is 9.97 Å². The van der Waals surface area contributed by atoms with Crippen LogP contribution in [0.1, 0.15) is 5.56 Å². The summed E-state index contributed by atoms with van der Waals surface area (Å²) in [6.07, 6.45) is 4.19. The van der Waals surface area contributed by atoms with Crippen molar-refractivity contribution >= 4 is 22.4 Å². The van der Waals surface area contributed by atoms with Crippen LogP contribution in [0.15, 0.2) is 85.2 Å². The third-order valence-corrected chi connectivity index (χ3v) is 5.97. The highest BCUT2D eigenvalue weighted by molar-refractivity contribution is 5.96. The highest BCUT2D eigenvalue weighted by Gasteiger charge is 2.25. The fraction of sp³-hybridized carbons (Fsp3) is 0.0741. The number of anilines is 2. The number of nitrogens with zero attached hydrogens (tertiary/aromatic N) is 4. The lowest BCUT2D eigenvalue weighted by molar-refractivity contribution is 0.626. The molecule has 4 nitrogen and oxygen atoms in total. The summed E-state index contributed by atoms with van der Waals surface area (Å²) in [7, 11) is 0. The molecule has 33 heavy (non-hydrogen) atoms. The average Bonchev–Trinajstić information content (AvgIpc) is 3.27. The van der Waals surface area contributed by atoms with Crippen LogP contribution < -0.4 is 4.90 Å². The maximum Gasteiger partial charge on any atom is 0.163 e. The summed E-state index contributed by atoms with van der Waals surface area (Å²) < 4.78 is 27.3. The van der Waals surface area contributed by atoms with Gasteiger partial charge in [0.2, 0.25) is 0 Å². The van der Waals surface area contributed by atoms with Gasteiger partial charge in [0.05, 0.1) is 5.52 Å². The van der Waals surface area contributed by atoms with Gasteiger partial charge in [-0.05, 0) is 77.7 Å². The predicted octanol–water partition coefficient (Wildman–Crippen LogP) is 6.33. The third-order valence-electron chi connectivity index (χ3n) is 5.97. The first-order chi connectivity index (χ1) is 16.2. The van der Waals surface area contributed by atoms with E-state index < -0.39 is 0 Å². The van der Waals surface area contributed by atoms with Crippen LogP contribution in [-0.4, -0.2) is 21.5 Å². The Labute approximate surface area is 189 Å². The van der Waals surface area contributed by atoms with Crippen molar-refractivity contribution in [1.82, 2.24) is 15.0 Å². The minimum Gasteiger partial charge on any atom is -0.325 e. The van der Waals surface area contributed by atoms with Gasteiger partial charge in [0.25, 0.3) is 0 Å². The first-order valence-electron chi connectivity index (χ1n) is 10.7. The normalized spacial score (nSPS) is 12.8. The summed E-state index contributed by atoms with van der Waals surface area (Å²) in [5.41, 5.74) is 5.37. The monoisotopic (exact) mass is 436 g/mol. The van der Waals surface area contributed by atoms with Crippen LogP contribution in [-0.2, 0) is 6.42 Å². The van der Waals surface area contributed by atoms with E-state index in [1.807, 2.05) is 30.3 Å². The van der Waals surface area contributed by atoms with Crippen molar-refractivity contribution in [2.75, 3.05) is 11.4 Å². The van der Waals surface area contributed by atoms with Crippen LogP contribution in [0.4, 0.5) is 20.3 Å². The molecule has 6 rings (SSSR count). The molecule has 0 radical (unpaired) electrons. The summed E-state index contributed by atoms with van der Waals surface area (Å²) in [5, 5.41) is 0.877. The molecule has 0 aliphatic carbocycles. The van der Waals surface area contributed by atoms with Crippen molar-refractivity contribution < 1.29 is 8.78 Å². The summed E-state index contributed by atoms with van der Waals surface area (Å²) in [6, 6.07) is 21.0. The Kier molecular flexibility index (Phi) is 4.57. The Bertz CT molecular complexity index is 1480. The third kappa shape index (κ3) is 3.49. The number of aromatic nitrogens is 3. The molecule has 5 aromatic rings. The van der Waals surface area contributed by atoms with Crippen molar-refractivity contribution in [3.8, 4) is 22.5 Å². The Balaban J connectivity index is 1.57. The van der Waals surface area contributed by atoms with Gasteiger partial charge in [-0.2, -0.15) is 0 Å². The van der Waals surface area contributed by atoms with E-state index in [1.54, 1.807) is 36.7 Å². The van der Waals surface area contributed by atoms with Gasteiger partial charge in [0.15, 0.2) is 5.82 Å². The molecule has 3 aromatic carbocycles. The first kappa shape index (κ1) is 19.5. The Morgan fingerprint density at radius 3 is 2.39 bits per heavy atom. The number of benzene rings is 3. The lowest BCUT2D eigenvalue weighted by atomic mass is 10.0. The maximum atomic E-state index is 13.8. The first-order valence-corrected chi connectivity index (χ1v) is 10.7. The second kappa shape index (κ2) is 7.74. The minimum absolute atomic E-state index is 0.238. The Hall–Kier alpha value is -4.19. The molecule has 160 valence electrons. The van der Waals surface area contributed by atoms with Crippen molar-refractivity contribution in [2.24, 2.45) is 0 Å². The quantitative estimate of drug-likeness (QED) is 0.331. The molecule has 1 aliphatic rings. The molecule has 0 fully saturated rings. The summed E-state index contributed by atoms with van der Waals surface area (Å²) in [6.45, 7) is 0.693. The predicted molar refractivity (Wildman–Crippen MR) is 125 cm³/mol. The van der Waals surface area contributed by atoms with Crippen LogP contribution >= 0.6 is 0 Å². The minimum atomic E-state index is -0.273. The lowest BCUT2D eigenvalue weighted by Gasteiger charge is -2.21. The number of hydrogen-bond donors (Lipinski definition) is 0. The van der Waals surface area contributed by atoms with Crippen LogP contribution in [0.5, 0.6) is 0 Å². The van der Waals surface area contributed by atoms with Gasteiger partial charge in [-0.3, -0.25) is 4.98 Å². The molecule has 1 aliphatic heterocycles. The van der Waals surface area contributed by atoms with Gasteiger partial charge in [0, 0.05) is 35.6 Å². The maximum absolute atomic E-state index is 13.8. The second-order valence-corrected chi connectivity index (χ2v) is 8.03. The molecule has 0 amide bonds. The molecule has 0 spiro atoms. The van der Waals surface area contributed by atoms with E-state index in [9.17, 15) is 8.78 Å². The molecular formula is C27H18F2N4. The molecular weight excluding hydrogens is 418 g/mol. The van der Waals surface area contributed by atoms with E-state index >= 15 is 0 Å². The topological polar surface area (TPSA) is 41.9 Å². The SMILES string of the molecule is Fc1ccc(-c2ccc3nc(-c4cccnc4)nc(N4CCc5cc(F)ccc54)c3c2)cc1. The zero-order chi connectivity index (χ0) is 22.4. The smallest absolute Gasteiger partial charge is 0.163 e. The van der Waals surface area contributed by atoms with Crippen molar-refractivity contribution in [3.63, 3.8) is 0 Å². The van der Waals surface area contributed by atoms with Crippen molar-refractivity contribution in [3.05, 3.63) is 102 Å². The Morgan fingerprint density at radius 1 is 0.758 bits per heavy atom. The number of pyridine rings is 1. The van der Waals surface area contributed by atoms with E-state index in [0.717, 1.165) is 51.1 Å². The molecule has 2 aromatic heterocycles. The molecule has 0 bridgehead atoms. The van der Waals surface area contributed by atoms with E-state index in [-0.39, 0.29) is 11.6 Å². The molecule has 0 saturated carbocycles. The van der Waals surface area contributed by atoms with Crippen molar-refractivity contribution in [2.45, 2.75) is 6.42 Å². The number of halogens is 2. The van der Waals surface area contributed by atoms with Crippen LogP contribution in [0.25, 0.3) is 33.4 Å². The van der Waals surface area contributed by atoms with Crippen molar-refractivity contribution in [1.29, 1.82) is 0 Å². The molecule has 6 heteroatoms. The number of rotatable bonds is 3. The van der Waals surface area contributed by atoms with Crippen LogP contribution in [0.2, 0.25) is 0 Å². The van der Waals surface area contributed by atoms with Crippen LogP contribution in [0, 0.1) is 11.6 Å². The van der Waals surface area contributed by atoms with E-state index in [2.05, 4.69) is 9.88 Å². The van der Waals surface area contributed by atoms with Gasteiger partial charge >= 0.3 is 0 Å². The van der Waals surface area contributed by atoms with Gasteiger partial charge in [-0.15, -0.1) is 0 Å². The zero-order valence-corrected chi connectivity index (χ0v) is 17.5. The summed E-state index contributed by atoms with van der Waals surface area (Å²) >= 11 is 0.